The standard InChI is InChI=1S/C28H36N4O5/c1-6-15-32-19(4)24(26(33)37-17-16-36-5)25(31-28(32)35)21-9-13-23(14-10-21)30-27(34)29-22-11-7-20(8-12-22)18(2)3/h7-14,18,25H,6,15-17H2,1-5H3,(H,31,35)(H2,29,30,34)/t25-/m1/s1. The van der Waals surface area contributed by atoms with Crippen LogP contribution in [0.2, 0.25) is 0 Å². The molecule has 0 unspecified atom stereocenters. The Morgan fingerprint density at radius 1 is 1.00 bits per heavy atom. The fraction of sp³-hybridized carbons (Fsp3) is 0.393. The van der Waals surface area contributed by atoms with Crippen molar-refractivity contribution < 1.29 is 23.9 Å². The van der Waals surface area contributed by atoms with E-state index in [0.717, 1.165) is 6.42 Å². The van der Waals surface area contributed by atoms with E-state index in [4.69, 9.17) is 9.47 Å². The molecule has 0 aliphatic carbocycles. The number of amides is 4. The van der Waals surface area contributed by atoms with Crippen LogP contribution in [-0.2, 0) is 14.3 Å². The van der Waals surface area contributed by atoms with Crippen molar-refractivity contribution in [3.05, 3.63) is 70.9 Å². The number of carbonyl (C=O) groups excluding carboxylic acids is 3. The normalized spacial score (nSPS) is 15.5. The van der Waals surface area contributed by atoms with E-state index in [1.165, 1.54) is 12.7 Å². The van der Waals surface area contributed by atoms with Crippen molar-refractivity contribution in [1.29, 1.82) is 0 Å². The Bertz CT molecular complexity index is 1130. The molecule has 9 nitrogen and oxygen atoms in total. The Hall–Kier alpha value is -3.85. The van der Waals surface area contributed by atoms with Gasteiger partial charge in [-0.2, -0.15) is 0 Å². The summed E-state index contributed by atoms with van der Waals surface area (Å²) in [4.78, 5) is 39.8. The smallest absolute Gasteiger partial charge is 0.338 e. The Morgan fingerprint density at radius 2 is 1.59 bits per heavy atom. The molecule has 1 aliphatic heterocycles. The van der Waals surface area contributed by atoms with Crippen molar-refractivity contribution >= 4 is 29.4 Å². The van der Waals surface area contributed by atoms with Gasteiger partial charge in [-0.3, -0.25) is 4.90 Å². The Balaban J connectivity index is 1.75. The summed E-state index contributed by atoms with van der Waals surface area (Å²) in [6.45, 7) is 8.81. The van der Waals surface area contributed by atoms with Gasteiger partial charge < -0.3 is 25.4 Å². The van der Waals surface area contributed by atoms with Crippen molar-refractivity contribution in [1.82, 2.24) is 10.2 Å². The van der Waals surface area contributed by atoms with Gasteiger partial charge in [0.25, 0.3) is 0 Å². The van der Waals surface area contributed by atoms with Gasteiger partial charge in [0.15, 0.2) is 0 Å². The van der Waals surface area contributed by atoms with Crippen molar-refractivity contribution in [2.45, 2.75) is 46.1 Å². The molecule has 3 rings (SSSR count). The molecule has 4 amide bonds. The molecule has 0 saturated heterocycles. The molecular weight excluding hydrogens is 472 g/mol. The number of nitrogens with one attached hydrogen (secondary N) is 3. The molecule has 37 heavy (non-hydrogen) atoms. The predicted octanol–water partition coefficient (Wildman–Crippen LogP) is 5.39. The first-order valence-electron chi connectivity index (χ1n) is 12.5. The minimum atomic E-state index is -0.682. The summed E-state index contributed by atoms with van der Waals surface area (Å²) in [7, 11) is 1.53. The highest BCUT2D eigenvalue weighted by molar-refractivity contribution is 6.00. The van der Waals surface area contributed by atoms with Gasteiger partial charge in [-0.15, -0.1) is 0 Å². The van der Waals surface area contributed by atoms with Gasteiger partial charge in [0.05, 0.1) is 18.2 Å². The van der Waals surface area contributed by atoms with Crippen LogP contribution in [-0.4, -0.2) is 49.8 Å². The second-order valence-electron chi connectivity index (χ2n) is 9.14. The SMILES string of the molecule is CCCN1C(=O)N[C@H](c2ccc(NC(=O)Nc3ccc(C(C)C)cc3)cc2)C(C(=O)OCCOC)=C1C. The van der Waals surface area contributed by atoms with Crippen molar-refractivity contribution in [3.63, 3.8) is 0 Å². The van der Waals surface area contributed by atoms with Gasteiger partial charge in [0, 0.05) is 30.7 Å². The van der Waals surface area contributed by atoms with E-state index in [1.54, 1.807) is 36.1 Å². The zero-order valence-electron chi connectivity index (χ0n) is 22.1. The molecule has 0 radical (unpaired) electrons. The van der Waals surface area contributed by atoms with Crippen molar-refractivity contribution in [3.8, 4) is 0 Å². The first-order valence-corrected chi connectivity index (χ1v) is 12.5. The number of allylic oxidation sites excluding steroid dienone is 1. The number of hydrogen-bond acceptors (Lipinski definition) is 5. The Morgan fingerprint density at radius 3 is 2.14 bits per heavy atom. The van der Waals surface area contributed by atoms with Crippen LogP contribution in [0.1, 0.15) is 57.2 Å². The van der Waals surface area contributed by atoms with E-state index >= 15 is 0 Å². The predicted molar refractivity (Wildman–Crippen MR) is 143 cm³/mol. The first kappa shape index (κ1) is 27.7. The Kier molecular flexibility index (Phi) is 9.68. The molecule has 1 heterocycles. The van der Waals surface area contributed by atoms with E-state index in [-0.39, 0.29) is 25.3 Å². The maximum Gasteiger partial charge on any atom is 0.338 e. The Labute approximate surface area is 218 Å². The van der Waals surface area contributed by atoms with E-state index in [0.29, 0.717) is 40.7 Å². The third-order valence-electron chi connectivity index (χ3n) is 6.12. The molecule has 1 atom stereocenters. The number of esters is 1. The molecular formula is C28H36N4O5. The fourth-order valence-corrected chi connectivity index (χ4v) is 4.09. The summed E-state index contributed by atoms with van der Waals surface area (Å²) in [6.07, 6.45) is 0.742. The third-order valence-corrected chi connectivity index (χ3v) is 6.12. The van der Waals surface area contributed by atoms with E-state index in [1.807, 2.05) is 31.2 Å². The summed E-state index contributed by atoms with van der Waals surface area (Å²) in [5.74, 6) is -0.0952. The molecule has 198 valence electrons. The second-order valence-corrected chi connectivity index (χ2v) is 9.14. The van der Waals surface area contributed by atoms with Crippen LogP contribution in [0.25, 0.3) is 0 Å². The molecule has 0 fully saturated rings. The molecule has 2 aromatic carbocycles. The van der Waals surface area contributed by atoms with Crippen LogP contribution in [0, 0.1) is 0 Å². The van der Waals surface area contributed by atoms with Gasteiger partial charge >= 0.3 is 18.0 Å². The van der Waals surface area contributed by atoms with E-state index < -0.39 is 12.0 Å². The largest absolute Gasteiger partial charge is 0.460 e. The number of ether oxygens (including phenoxy) is 2. The topological polar surface area (TPSA) is 109 Å². The lowest BCUT2D eigenvalue weighted by atomic mass is 9.94. The van der Waals surface area contributed by atoms with Crippen LogP contribution in [0.5, 0.6) is 0 Å². The van der Waals surface area contributed by atoms with Crippen molar-refractivity contribution in [2.75, 3.05) is 37.5 Å². The highest BCUT2D eigenvalue weighted by Crippen LogP contribution is 2.32. The van der Waals surface area contributed by atoms with Crippen molar-refractivity contribution in [2.24, 2.45) is 0 Å². The van der Waals surface area contributed by atoms with Gasteiger partial charge in [-0.25, -0.2) is 14.4 Å². The maximum atomic E-state index is 13.0. The maximum absolute atomic E-state index is 13.0. The molecule has 0 saturated carbocycles. The second kappa shape index (κ2) is 12.9. The third kappa shape index (κ3) is 7.10. The highest BCUT2D eigenvalue weighted by atomic mass is 16.6. The zero-order chi connectivity index (χ0) is 26.9. The number of urea groups is 2. The number of rotatable bonds is 10. The highest BCUT2D eigenvalue weighted by Gasteiger charge is 2.36. The average Bonchev–Trinajstić information content (AvgIpc) is 2.87. The zero-order valence-corrected chi connectivity index (χ0v) is 22.1. The lowest BCUT2D eigenvalue weighted by molar-refractivity contribution is -0.140. The number of carbonyl (C=O) groups is 3. The lowest BCUT2D eigenvalue weighted by Gasteiger charge is -2.35. The minimum Gasteiger partial charge on any atom is -0.460 e. The van der Waals surface area contributed by atoms with Crippen LogP contribution in [0.15, 0.2) is 59.8 Å². The van der Waals surface area contributed by atoms with Gasteiger partial charge in [0.2, 0.25) is 0 Å². The molecule has 0 spiro atoms. The number of anilines is 2. The van der Waals surface area contributed by atoms with E-state index in [9.17, 15) is 14.4 Å². The molecule has 1 aliphatic rings. The van der Waals surface area contributed by atoms with Crippen LogP contribution in [0.4, 0.5) is 21.0 Å². The summed E-state index contributed by atoms with van der Waals surface area (Å²) in [6, 6.07) is 13.4. The first-order chi connectivity index (χ1) is 17.7. The van der Waals surface area contributed by atoms with E-state index in [2.05, 4.69) is 29.8 Å². The number of benzene rings is 2. The van der Waals surface area contributed by atoms with Crippen LogP contribution in [0.3, 0.4) is 0 Å². The van der Waals surface area contributed by atoms with Crippen LogP contribution < -0.4 is 16.0 Å². The van der Waals surface area contributed by atoms with Crippen LogP contribution >= 0.6 is 0 Å². The summed E-state index contributed by atoms with van der Waals surface area (Å²) < 4.78 is 10.4. The van der Waals surface area contributed by atoms with Gasteiger partial charge in [0.1, 0.15) is 6.61 Å². The summed E-state index contributed by atoms with van der Waals surface area (Å²) >= 11 is 0. The number of nitrogens with zero attached hydrogens (tertiary/aromatic N) is 1. The fourth-order valence-electron chi connectivity index (χ4n) is 4.09. The molecule has 0 bridgehead atoms. The average molecular weight is 509 g/mol. The number of hydrogen-bond donors (Lipinski definition) is 3. The molecule has 3 N–H and O–H groups in total. The molecule has 9 heteroatoms. The number of methoxy groups -OCH3 is 1. The van der Waals surface area contributed by atoms with Gasteiger partial charge in [-0.05, 0) is 54.7 Å². The monoisotopic (exact) mass is 508 g/mol. The minimum absolute atomic E-state index is 0.110. The van der Waals surface area contributed by atoms with Gasteiger partial charge in [-0.1, -0.05) is 45.0 Å². The summed E-state index contributed by atoms with van der Waals surface area (Å²) in [5, 5.41) is 8.54. The summed E-state index contributed by atoms with van der Waals surface area (Å²) in [5.41, 5.74) is 4.07. The molecule has 0 aromatic heterocycles. The quantitative estimate of drug-likeness (QED) is 0.294. The lowest BCUT2D eigenvalue weighted by Crippen LogP contribution is -2.48. The molecule has 2 aromatic rings.